The van der Waals surface area contributed by atoms with E-state index in [0.717, 1.165) is 22.9 Å². The minimum atomic E-state index is 0.497. The van der Waals surface area contributed by atoms with Gasteiger partial charge in [-0.3, -0.25) is 0 Å². The fourth-order valence-electron chi connectivity index (χ4n) is 2.29. The minimum absolute atomic E-state index is 0.497. The largest absolute Gasteiger partial charge is 0.383 e. The van der Waals surface area contributed by atoms with E-state index in [2.05, 4.69) is 53.4 Å². The second kappa shape index (κ2) is 5.35. The van der Waals surface area contributed by atoms with Crippen LogP contribution < -0.4 is 11.1 Å². The van der Waals surface area contributed by atoms with Gasteiger partial charge in [-0.05, 0) is 43.4 Å². The minimum Gasteiger partial charge on any atom is -0.383 e. The van der Waals surface area contributed by atoms with Crippen LogP contribution in [0.4, 0.5) is 17.3 Å². The van der Waals surface area contributed by atoms with E-state index in [1.165, 1.54) is 18.4 Å². The van der Waals surface area contributed by atoms with E-state index in [0.29, 0.717) is 17.7 Å². The smallest absolute Gasteiger partial charge is 0.139 e. The van der Waals surface area contributed by atoms with Crippen LogP contribution >= 0.6 is 0 Å². The van der Waals surface area contributed by atoms with Gasteiger partial charge < -0.3 is 11.1 Å². The molecule has 1 aromatic heterocycles. The van der Waals surface area contributed by atoms with Crippen molar-refractivity contribution in [3.8, 4) is 0 Å². The summed E-state index contributed by atoms with van der Waals surface area (Å²) in [5, 5.41) is 3.37. The summed E-state index contributed by atoms with van der Waals surface area (Å²) in [4.78, 5) is 9.05. The average molecular weight is 282 g/mol. The molecule has 1 aromatic carbocycles. The molecular formula is C17H22N4. The van der Waals surface area contributed by atoms with Gasteiger partial charge in [-0.2, -0.15) is 0 Å². The van der Waals surface area contributed by atoms with E-state index < -0.39 is 0 Å². The molecule has 0 atom stereocenters. The van der Waals surface area contributed by atoms with Gasteiger partial charge in [-0.15, -0.1) is 0 Å². The predicted molar refractivity (Wildman–Crippen MR) is 87.0 cm³/mol. The standard InChI is InChI=1S/C17H22N4/c1-10(2)12-6-8-14(9-7-12)19-16-11(3)15(18)20-17(21-16)13-4-5-13/h6-10,13H,4-5H2,1-3H3,(H3,18,19,20,21). The van der Waals surface area contributed by atoms with Gasteiger partial charge >= 0.3 is 0 Å². The lowest BCUT2D eigenvalue weighted by Gasteiger charge is -2.13. The molecule has 0 aliphatic heterocycles. The number of nitrogens with one attached hydrogen (secondary N) is 1. The van der Waals surface area contributed by atoms with Crippen molar-refractivity contribution in [3.63, 3.8) is 0 Å². The van der Waals surface area contributed by atoms with Crippen LogP contribution in [0.3, 0.4) is 0 Å². The maximum Gasteiger partial charge on any atom is 0.139 e. The summed E-state index contributed by atoms with van der Waals surface area (Å²) in [6, 6.07) is 8.47. The Balaban J connectivity index is 1.86. The van der Waals surface area contributed by atoms with Crippen LogP contribution in [0.2, 0.25) is 0 Å². The molecule has 2 aromatic rings. The van der Waals surface area contributed by atoms with Gasteiger partial charge in [0.25, 0.3) is 0 Å². The quantitative estimate of drug-likeness (QED) is 0.885. The molecule has 1 aliphatic carbocycles. The highest BCUT2D eigenvalue weighted by molar-refractivity contribution is 5.64. The van der Waals surface area contributed by atoms with Crippen molar-refractivity contribution in [1.82, 2.24) is 9.97 Å². The SMILES string of the molecule is Cc1c(N)nc(C2CC2)nc1Nc1ccc(C(C)C)cc1. The summed E-state index contributed by atoms with van der Waals surface area (Å²) in [6.45, 7) is 6.34. The molecule has 1 heterocycles. The first-order valence-corrected chi connectivity index (χ1v) is 7.55. The Bertz CT molecular complexity index is 643. The molecule has 0 spiro atoms. The van der Waals surface area contributed by atoms with E-state index in [-0.39, 0.29) is 0 Å². The number of hydrogen-bond acceptors (Lipinski definition) is 4. The van der Waals surface area contributed by atoms with Crippen LogP contribution in [-0.4, -0.2) is 9.97 Å². The molecule has 1 aliphatic rings. The summed E-state index contributed by atoms with van der Waals surface area (Å²) >= 11 is 0. The normalized spacial score (nSPS) is 14.5. The van der Waals surface area contributed by atoms with Gasteiger partial charge in [0.1, 0.15) is 17.5 Å². The van der Waals surface area contributed by atoms with E-state index in [9.17, 15) is 0 Å². The lowest BCUT2D eigenvalue weighted by atomic mass is 10.0. The van der Waals surface area contributed by atoms with Crippen LogP contribution in [0.1, 0.15) is 55.5 Å². The Morgan fingerprint density at radius 1 is 1.14 bits per heavy atom. The molecule has 3 N–H and O–H groups in total. The van der Waals surface area contributed by atoms with Gasteiger partial charge in [0.2, 0.25) is 0 Å². The van der Waals surface area contributed by atoms with Crippen molar-refractivity contribution in [2.45, 2.75) is 45.4 Å². The molecule has 21 heavy (non-hydrogen) atoms. The first-order valence-electron chi connectivity index (χ1n) is 7.55. The fraction of sp³-hybridized carbons (Fsp3) is 0.412. The van der Waals surface area contributed by atoms with Crippen LogP contribution in [0.15, 0.2) is 24.3 Å². The van der Waals surface area contributed by atoms with Gasteiger partial charge in [0, 0.05) is 17.2 Å². The zero-order valence-corrected chi connectivity index (χ0v) is 12.9. The van der Waals surface area contributed by atoms with Gasteiger partial charge in [0.15, 0.2) is 0 Å². The number of rotatable bonds is 4. The van der Waals surface area contributed by atoms with E-state index >= 15 is 0 Å². The average Bonchev–Trinajstić information content (AvgIpc) is 3.29. The number of nitrogen functional groups attached to an aromatic ring is 1. The van der Waals surface area contributed by atoms with Crippen LogP contribution in [0, 0.1) is 6.92 Å². The van der Waals surface area contributed by atoms with Crippen LogP contribution in [0.5, 0.6) is 0 Å². The third kappa shape index (κ3) is 2.99. The van der Waals surface area contributed by atoms with Crippen molar-refractivity contribution >= 4 is 17.3 Å². The zero-order chi connectivity index (χ0) is 15.0. The number of aromatic nitrogens is 2. The molecular weight excluding hydrogens is 260 g/mol. The van der Waals surface area contributed by atoms with Crippen molar-refractivity contribution in [1.29, 1.82) is 0 Å². The van der Waals surface area contributed by atoms with Crippen molar-refractivity contribution in [2.75, 3.05) is 11.1 Å². The van der Waals surface area contributed by atoms with Gasteiger partial charge in [-0.25, -0.2) is 9.97 Å². The first kappa shape index (κ1) is 13.9. The summed E-state index contributed by atoms with van der Waals surface area (Å²) in [7, 11) is 0. The Labute approximate surface area is 125 Å². The molecule has 1 fully saturated rings. The molecule has 0 radical (unpaired) electrons. The van der Waals surface area contributed by atoms with Crippen LogP contribution in [-0.2, 0) is 0 Å². The number of hydrogen-bond donors (Lipinski definition) is 2. The second-order valence-corrected chi connectivity index (χ2v) is 6.12. The molecule has 0 unspecified atom stereocenters. The Morgan fingerprint density at radius 2 is 1.81 bits per heavy atom. The molecule has 1 saturated carbocycles. The van der Waals surface area contributed by atoms with Crippen molar-refractivity contribution < 1.29 is 0 Å². The molecule has 110 valence electrons. The summed E-state index contributed by atoms with van der Waals surface area (Å²) in [5.74, 6) is 3.31. The Kier molecular flexibility index (Phi) is 3.53. The van der Waals surface area contributed by atoms with Crippen molar-refractivity contribution in [3.05, 3.63) is 41.2 Å². The first-order chi connectivity index (χ1) is 10.0. The van der Waals surface area contributed by atoms with Crippen LogP contribution in [0.25, 0.3) is 0 Å². The number of nitrogens with zero attached hydrogens (tertiary/aromatic N) is 2. The highest BCUT2D eigenvalue weighted by Gasteiger charge is 2.27. The topological polar surface area (TPSA) is 63.8 Å². The Hall–Kier alpha value is -2.10. The molecule has 0 amide bonds. The lowest BCUT2D eigenvalue weighted by molar-refractivity contribution is 0.867. The van der Waals surface area contributed by atoms with E-state index in [1.807, 2.05) is 6.92 Å². The molecule has 4 nitrogen and oxygen atoms in total. The number of anilines is 3. The second-order valence-electron chi connectivity index (χ2n) is 6.12. The number of benzene rings is 1. The Morgan fingerprint density at radius 3 is 2.38 bits per heavy atom. The van der Waals surface area contributed by atoms with E-state index in [4.69, 9.17) is 5.73 Å². The van der Waals surface area contributed by atoms with E-state index in [1.54, 1.807) is 0 Å². The van der Waals surface area contributed by atoms with Crippen molar-refractivity contribution in [2.24, 2.45) is 0 Å². The molecule has 4 heteroatoms. The third-order valence-electron chi connectivity index (χ3n) is 3.98. The van der Waals surface area contributed by atoms with Gasteiger partial charge in [0.05, 0.1) is 0 Å². The highest BCUT2D eigenvalue weighted by Crippen LogP contribution is 2.39. The summed E-state index contributed by atoms with van der Waals surface area (Å²) in [5.41, 5.74) is 9.28. The molecule has 0 saturated heterocycles. The monoisotopic (exact) mass is 282 g/mol. The molecule has 3 rings (SSSR count). The molecule has 0 bridgehead atoms. The maximum atomic E-state index is 6.01. The van der Waals surface area contributed by atoms with Gasteiger partial charge in [-0.1, -0.05) is 26.0 Å². The lowest BCUT2D eigenvalue weighted by Crippen LogP contribution is -2.06. The summed E-state index contributed by atoms with van der Waals surface area (Å²) < 4.78 is 0. The summed E-state index contributed by atoms with van der Waals surface area (Å²) in [6.07, 6.45) is 2.34. The highest BCUT2D eigenvalue weighted by atomic mass is 15.1. The predicted octanol–water partition coefficient (Wildman–Crippen LogP) is 4.11. The number of nitrogens with two attached hydrogens (primary N) is 1. The maximum absolute atomic E-state index is 6.01. The zero-order valence-electron chi connectivity index (χ0n) is 12.9. The fourth-order valence-corrected chi connectivity index (χ4v) is 2.29. The third-order valence-corrected chi connectivity index (χ3v) is 3.98.